The Labute approximate surface area is 151 Å². The predicted octanol–water partition coefficient (Wildman–Crippen LogP) is 2.24. The van der Waals surface area contributed by atoms with Crippen LogP contribution in [0.4, 0.5) is 20.6 Å². The molecule has 2 saturated heterocycles. The van der Waals surface area contributed by atoms with Crippen LogP contribution in [0.2, 0.25) is 0 Å². The minimum atomic E-state index is -0.894. The first-order chi connectivity index (χ1) is 12.4. The van der Waals surface area contributed by atoms with E-state index in [0.717, 1.165) is 0 Å². The molecule has 2 atom stereocenters. The lowest BCUT2D eigenvalue weighted by Gasteiger charge is -2.34. The van der Waals surface area contributed by atoms with Gasteiger partial charge in [0.05, 0.1) is 19.1 Å². The molecule has 3 rings (SSSR count). The number of likely N-dealkylation sites (tertiary alicyclic amines) is 1. The average molecular weight is 365 g/mol. The summed E-state index contributed by atoms with van der Waals surface area (Å²) in [6, 6.07) is 4.03. The molecule has 0 aliphatic carbocycles. The van der Waals surface area contributed by atoms with Crippen LogP contribution in [-0.4, -0.2) is 61.4 Å². The summed E-state index contributed by atoms with van der Waals surface area (Å²) >= 11 is 0. The largest absolute Gasteiger partial charge is 0.481 e. The number of amides is 2. The number of rotatable bonds is 3. The maximum atomic E-state index is 14.0. The zero-order valence-electron chi connectivity index (χ0n) is 14.8. The predicted molar refractivity (Wildman–Crippen MR) is 94.9 cm³/mol. The van der Waals surface area contributed by atoms with Crippen LogP contribution >= 0.6 is 0 Å². The van der Waals surface area contributed by atoms with Crippen molar-refractivity contribution in [3.05, 3.63) is 24.0 Å². The third-order valence-corrected chi connectivity index (χ3v) is 4.81. The molecule has 0 radical (unpaired) electrons. The Kier molecular flexibility index (Phi) is 5.61. The number of piperidine rings is 1. The van der Waals surface area contributed by atoms with Gasteiger partial charge in [-0.1, -0.05) is 6.92 Å². The van der Waals surface area contributed by atoms with Gasteiger partial charge < -0.3 is 25.0 Å². The number of nitrogens with zero attached hydrogens (tertiary/aromatic N) is 2. The fraction of sp³-hybridized carbons (Fsp3) is 0.556. The molecule has 2 unspecified atom stereocenters. The van der Waals surface area contributed by atoms with Crippen LogP contribution in [-0.2, 0) is 9.53 Å². The number of hydrogen-bond acceptors (Lipinski definition) is 4. The van der Waals surface area contributed by atoms with E-state index in [0.29, 0.717) is 50.6 Å². The molecule has 0 spiro atoms. The first-order valence-electron chi connectivity index (χ1n) is 8.84. The number of urea groups is 1. The van der Waals surface area contributed by atoms with Crippen LogP contribution in [0.5, 0.6) is 0 Å². The number of aliphatic carboxylic acids is 1. The molecule has 26 heavy (non-hydrogen) atoms. The van der Waals surface area contributed by atoms with Gasteiger partial charge >= 0.3 is 12.0 Å². The van der Waals surface area contributed by atoms with Gasteiger partial charge in [-0.15, -0.1) is 0 Å². The standard InChI is InChI=1S/C18H24FN3O4/c1-12-6-13(17(23)24)11-22(10-12)18(25)20-15-7-14(19)8-16(9-15)21-2-4-26-5-3-21/h7-9,12-13H,2-6,10-11H2,1H3,(H,20,25)(H,23,24). The maximum absolute atomic E-state index is 14.0. The van der Waals surface area contributed by atoms with Gasteiger partial charge in [0, 0.05) is 37.6 Å². The van der Waals surface area contributed by atoms with Crippen molar-refractivity contribution in [1.82, 2.24) is 4.90 Å². The highest BCUT2D eigenvalue weighted by Gasteiger charge is 2.32. The quantitative estimate of drug-likeness (QED) is 0.858. The second-order valence-corrected chi connectivity index (χ2v) is 7.01. The summed E-state index contributed by atoms with van der Waals surface area (Å²) in [5.41, 5.74) is 1.06. The SMILES string of the molecule is CC1CC(C(=O)O)CN(C(=O)Nc2cc(F)cc(N3CCOCC3)c2)C1. The summed E-state index contributed by atoms with van der Waals surface area (Å²) in [6.45, 7) is 5.08. The van der Waals surface area contributed by atoms with Crippen LogP contribution in [0.15, 0.2) is 18.2 Å². The molecule has 142 valence electrons. The number of carbonyl (C=O) groups is 2. The van der Waals surface area contributed by atoms with Gasteiger partial charge in [-0.2, -0.15) is 0 Å². The molecule has 0 bridgehead atoms. The molecule has 2 heterocycles. The van der Waals surface area contributed by atoms with E-state index >= 15 is 0 Å². The highest BCUT2D eigenvalue weighted by Crippen LogP contribution is 2.25. The molecule has 2 N–H and O–H groups in total. The molecule has 0 saturated carbocycles. The van der Waals surface area contributed by atoms with Crippen molar-refractivity contribution < 1.29 is 23.8 Å². The Morgan fingerprint density at radius 3 is 2.65 bits per heavy atom. The Hall–Kier alpha value is -2.35. The number of benzene rings is 1. The van der Waals surface area contributed by atoms with Crippen LogP contribution in [0.1, 0.15) is 13.3 Å². The summed E-state index contributed by atoms with van der Waals surface area (Å²) in [6.07, 6.45) is 0.556. The molecule has 2 aliphatic rings. The fourth-order valence-electron chi connectivity index (χ4n) is 3.55. The number of carboxylic acids is 1. The maximum Gasteiger partial charge on any atom is 0.321 e. The van der Waals surface area contributed by atoms with Crippen LogP contribution < -0.4 is 10.2 Å². The van der Waals surface area contributed by atoms with Gasteiger partial charge in [-0.25, -0.2) is 9.18 Å². The van der Waals surface area contributed by atoms with Gasteiger partial charge in [-0.05, 0) is 30.5 Å². The van der Waals surface area contributed by atoms with Crippen molar-refractivity contribution in [1.29, 1.82) is 0 Å². The summed E-state index contributed by atoms with van der Waals surface area (Å²) in [5.74, 6) is -1.79. The molecular weight excluding hydrogens is 341 g/mol. The first kappa shape index (κ1) is 18.4. The lowest BCUT2D eigenvalue weighted by Crippen LogP contribution is -2.47. The van der Waals surface area contributed by atoms with Crippen molar-refractivity contribution in [3.8, 4) is 0 Å². The number of hydrogen-bond donors (Lipinski definition) is 2. The Morgan fingerprint density at radius 1 is 1.23 bits per heavy atom. The van der Waals surface area contributed by atoms with Crippen molar-refractivity contribution in [3.63, 3.8) is 0 Å². The minimum absolute atomic E-state index is 0.104. The van der Waals surface area contributed by atoms with Crippen molar-refractivity contribution in [2.24, 2.45) is 11.8 Å². The fourth-order valence-corrected chi connectivity index (χ4v) is 3.55. The van der Waals surface area contributed by atoms with Crippen LogP contribution in [0.3, 0.4) is 0 Å². The van der Waals surface area contributed by atoms with Gasteiger partial charge in [-0.3, -0.25) is 4.79 Å². The molecule has 8 heteroatoms. The number of carboxylic acid groups (broad SMARTS) is 1. The van der Waals surface area contributed by atoms with E-state index in [1.165, 1.54) is 17.0 Å². The average Bonchev–Trinajstić information content (AvgIpc) is 2.61. The van der Waals surface area contributed by atoms with E-state index in [1.807, 2.05) is 11.8 Å². The third-order valence-electron chi connectivity index (χ3n) is 4.81. The Bertz CT molecular complexity index is 678. The number of anilines is 2. The van der Waals surface area contributed by atoms with E-state index < -0.39 is 23.7 Å². The third kappa shape index (κ3) is 4.43. The zero-order chi connectivity index (χ0) is 18.7. The molecule has 7 nitrogen and oxygen atoms in total. The summed E-state index contributed by atoms with van der Waals surface area (Å²) in [5, 5.41) is 11.9. The van der Waals surface area contributed by atoms with Gasteiger partial charge in [0.25, 0.3) is 0 Å². The topological polar surface area (TPSA) is 82.1 Å². The smallest absolute Gasteiger partial charge is 0.321 e. The highest BCUT2D eigenvalue weighted by molar-refractivity contribution is 5.90. The van der Waals surface area contributed by atoms with Crippen LogP contribution in [0.25, 0.3) is 0 Å². The number of morpholine rings is 1. The normalized spacial score (nSPS) is 23.6. The summed E-state index contributed by atoms with van der Waals surface area (Å²) < 4.78 is 19.3. The Balaban J connectivity index is 1.70. The zero-order valence-corrected chi connectivity index (χ0v) is 14.8. The monoisotopic (exact) mass is 365 g/mol. The van der Waals surface area contributed by atoms with Crippen molar-refractivity contribution in [2.45, 2.75) is 13.3 Å². The second kappa shape index (κ2) is 7.90. The molecule has 2 aliphatic heterocycles. The summed E-state index contributed by atoms with van der Waals surface area (Å²) in [4.78, 5) is 27.3. The van der Waals surface area contributed by atoms with E-state index in [4.69, 9.17) is 4.74 Å². The number of halogens is 1. The van der Waals surface area contributed by atoms with Gasteiger partial charge in [0.1, 0.15) is 5.82 Å². The number of nitrogens with one attached hydrogen (secondary N) is 1. The first-order valence-corrected chi connectivity index (χ1v) is 8.84. The summed E-state index contributed by atoms with van der Waals surface area (Å²) in [7, 11) is 0. The lowest BCUT2D eigenvalue weighted by molar-refractivity contribution is -0.143. The van der Waals surface area contributed by atoms with E-state index in [1.54, 1.807) is 6.07 Å². The molecular formula is C18H24FN3O4. The minimum Gasteiger partial charge on any atom is -0.481 e. The van der Waals surface area contributed by atoms with Gasteiger partial charge in [0.2, 0.25) is 0 Å². The highest BCUT2D eigenvalue weighted by atomic mass is 19.1. The molecule has 2 fully saturated rings. The molecule has 2 amide bonds. The molecule has 1 aromatic carbocycles. The molecule has 1 aromatic rings. The lowest BCUT2D eigenvalue weighted by atomic mass is 9.91. The van der Waals surface area contributed by atoms with Crippen LogP contribution in [0, 0.1) is 17.7 Å². The van der Waals surface area contributed by atoms with Crippen molar-refractivity contribution >= 4 is 23.4 Å². The molecule has 0 aromatic heterocycles. The van der Waals surface area contributed by atoms with Crippen molar-refractivity contribution in [2.75, 3.05) is 49.6 Å². The van der Waals surface area contributed by atoms with E-state index in [-0.39, 0.29) is 12.5 Å². The second-order valence-electron chi connectivity index (χ2n) is 7.01. The number of ether oxygens (including phenoxy) is 1. The Morgan fingerprint density at radius 2 is 1.96 bits per heavy atom. The van der Waals surface area contributed by atoms with E-state index in [2.05, 4.69) is 5.32 Å². The number of carbonyl (C=O) groups excluding carboxylic acids is 1. The van der Waals surface area contributed by atoms with Gasteiger partial charge in [0.15, 0.2) is 0 Å². The van der Waals surface area contributed by atoms with E-state index in [9.17, 15) is 19.1 Å².